The molecule has 0 N–H and O–H groups in total. The van der Waals surface area contributed by atoms with Gasteiger partial charge in [-0.15, -0.1) is 11.6 Å². The van der Waals surface area contributed by atoms with Crippen molar-refractivity contribution in [1.29, 1.82) is 0 Å². The van der Waals surface area contributed by atoms with Crippen LogP contribution in [0.2, 0.25) is 0 Å². The highest BCUT2D eigenvalue weighted by Gasteiger charge is 2.38. The molecule has 1 aliphatic rings. The first kappa shape index (κ1) is 14.8. The molecule has 5 nitrogen and oxygen atoms in total. The molecule has 0 radical (unpaired) electrons. The molecule has 1 fully saturated rings. The van der Waals surface area contributed by atoms with Gasteiger partial charge >= 0.3 is 0 Å². The van der Waals surface area contributed by atoms with Crippen molar-refractivity contribution in [3.8, 4) is 0 Å². The highest BCUT2D eigenvalue weighted by atomic mass is 35.5. The summed E-state index contributed by atoms with van der Waals surface area (Å²) in [6.45, 7) is 5.14. The lowest BCUT2D eigenvalue weighted by molar-refractivity contribution is 0.360. The topological polar surface area (TPSA) is 55.2 Å². The van der Waals surface area contributed by atoms with E-state index in [1.165, 1.54) is 6.20 Å². The third kappa shape index (κ3) is 3.49. The molecule has 0 aliphatic heterocycles. The Balaban J connectivity index is 2.22. The van der Waals surface area contributed by atoms with Crippen LogP contribution < -0.4 is 0 Å². The lowest BCUT2D eigenvalue weighted by Crippen LogP contribution is -2.36. The number of aryl methyl sites for hydroxylation is 1. The van der Waals surface area contributed by atoms with Gasteiger partial charge in [-0.1, -0.05) is 13.8 Å². The standard InChI is InChI=1S/C12H20ClN3O2S/c1-10(2)8-16(11-3-4-11)19(17,18)12-7-14-15(9-12)6-5-13/h7,9-11H,3-6,8H2,1-2H3. The molecule has 7 heteroatoms. The summed E-state index contributed by atoms with van der Waals surface area (Å²) >= 11 is 5.63. The fourth-order valence-corrected chi connectivity index (χ4v) is 3.96. The first-order valence-corrected chi connectivity index (χ1v) is 8.53. The van der Waals surface area contributed by atoms with Gasteiger partial charge in [0, 0.05) is 24.7 Å². The largest absolute Gasteiger partial charge is 0.270 e. The van der Waals surface area contributed by atoms with E-state index in [4.69, 9.17) is 11.6 Å². The second kappa shape index (κ2) is 5.81. The van der Waals surface area contributed by atoms with Crippen molar-refractivity contribution in [3.05, 3.63) is 12.4 Å². The zero-order chi connectivity index (χ0) is 14.0. The normalized spacial score (nSPS) is 16.5. The first-order valence-electron chi connectivity index (χ1n) is 6.55. The van der Waals surface area contributed by atoms with Gasteiger partial charge in [0.1, 0.15) is 4.90 Å². The summed E-state index contributed by atoms with van der Waals surface area (Å²) in [5.74, 6) is 0.729. The summed E-state index contributed by atoms with van der Waals surface area (Å²) in [5, 5.41) is 4.04. The average Bonchev–Trinajstić information content (AvgIpc) is 3.05. The molecule has 1 aromatic rings. The molecule has 108 valence electrons. The summed E-state index contributed by atoms with van der Waals surface area (Å²) in [4.78, 5) is 0.269. The van der Waals surface area contributed by atoms with Crippen LogP contribution >= 0.6 is 11.6 Å². The molecule has 0 atom stereocenters. The quantitative estimate of drug-likeness (QED) is 0.723. The van der Waals surface area contributed by atoms with Gasteiger partial charge in [-0.3, -0.25) is 4.68 Å². The summed E-state index contributed by atoms with van der Waals surface area (Å²) in [6.07, 6.45) is 4.90. The van der Waals surface area contributed by atoms with Gasteiger partial charge in [0.15, 0.2) is 0 Å². The molecule has 0 amide bonds. The van der Waals surface area contributed by atoms with E-state index >= 15 is 0 Å². The van der Waals surface area contributed by atoms with E-state index in [0.29, 0.717) is 24.9 Å². The van der Waals surface area contributed by atoms with Gasteiger partial charge in [0.05, 0.1) is 12.7 Å². The Morgan fingerprint density at radius 2 is 2.21 bits per heavy atom. The van der Waals surface area contributed by atoms with Crippen molar-refractivity contribution < 1.29 is 8.42 Å². The maximum atomic E-state index is 12.6. The molecule has 0 unspecified atom stereocenters. The Morgan fingerprint density at radius 1 is 1.53 bits per heavy atom. The minimum atomic E-state index is -3.42. The molecule has 19 heavy (non-hydrogen) atoms. The molecular formula is C12H20ClN3O2S. The van der Waals surface area contributed by atoms with Crippen molar-refractivity contribution in [2.75, 3.05) is 12.4 Å². The predicted octanol–water partition coefficient (Wildman–Crippen LogP) is 1.93. The fraction of sp³-hybridized carbons (Fsp3) is 0.750. The maximum Gasteiger partial charge on any atom is 0.246 e. The molecule has 0 saturated heterocycles. The van der Waals surface area contributed by atoms with Crippen LogP contribution in [0.3, 0.4) is 0 Å². The molecule has 1 aromatic heterocycles. The van der Waals surface area contributed by atoms with E-state index in [0.717, 1.165) is 12.8 Å². The number of halogens is 1. The summed E-state index contributed by atoms with van der Waals surface area (Å²) in [5.41, 5.74) is 0. The van der Waals surface area contributed by atoms with Crippen molar-refractivity contribution in [2.45, 2.75) is 44.2 Å². The molecule has 0 aromatic carbocycles. The van der Waals surface area contributed by atoms with Crippen LogP contribution in [0.1, 0.15) is 26.7 Å². The summed E-state index contributed by atoms with van der Waals surface area (Å²) < 4.78 is 28.4. The zero-order valence-electron chi connectivity index (χ0n) is 11.3. The van der Waals surface area contributed by atoms with Crippen LogP contribution in [0, 0.1) is 5.92 Å². The number of sulfonamides is 1. The van der Waals surface area contributed by atoms with E-state index in [1.54, 1.807) is 15.2 Å². The van der Waals surface area contributed by atoms with E-state index in [-0.39, 0.29) is 10.9 Å². The highest BCUT2D eigenvalue weighted by molar-refractivity contribution is 7.89. The first-order chi connectivity index (χ1) is 8.95. The van der Waals surface area contributed by atoms with Crippen molar-refractivity contribution >= 4 is 21.6 Å². The summed E-state index contributed by atoms with van der Waals surface area (Å²) in [6, 6.07) is 0.170. The van der Waals surface area contributed by atoms with Crippen LogP contribution in [0.4, 0.5) is 0 Å². The lowest BCUT2D eigenvalue weighted by Gasteiger charge is -2.22. The molecule has 1 aliphatic carbocycles. The van der Waals surface area contributed by atoms with Crippen molar-refractivity contribution in [3.63, 3.8) is 0 Å². The molecule has 1 heterocycles. The van der Waals surface area contributed by atoms with Crippen LogP contribution in [-0.4, -0.2) is 41.0 Å². The van der Waals surface area contributed by atoms with Crippen LogP contribution in [0.15, 0.2) is 17.3 Å². The van der Waals surface area contributed by atoms with Crippen molar-refractivity contribution in [1.82, 2.24) is 14.1 Å². The fourth-order valence-electron chi connectivity index (χ4n) is 1.99. The van der Waals surface area contributed by atoms with Gasteiger partial charge in [-0.25, -0.2) is 8.42 Å². The van der Waals surface area contributed by atoms with Crippen LogP contribution in [0.25, 0.3) is 0 Å². The Hall–Kier alpha value is -0.590. The van der Waals surface area contributed by atoms with Crippen LogP contribution in [0.5, 0.6) is 0 Å². The molecule has 0 spiro atoms. The molecule has 2 rings (SSSR count). The third-order valence-corrected chi connectivity index (χ3v) is 5.07. The monoisotopic (exact) mass is 305 g/mol. The Labute approximate surface area is 119 Å². The number of rotatable bonds is 7. The number of aromatic nitrogens is 2. The van der Waals surface area contributed by atoms with Gasteiger partial charge in [-0.05, 0) is 18.8 Å². The van der Waals surface area contributed by atoms with Gasteiger partial charge in [0.2, 0.25) is 10.0 Å². The highest BCUT2D eigenvalue weighted by Crippen LogP contribution is 2.32. The SMILES string of the molecule is CC(C)CN(C1CC1)S(=O)(=O)c1cnn(CCCl)c1. The second-order valence-electron chi connectivity index (χ2n) is 5.33. The minimum Gasteiger partial charge on any atom is -0.270 e. The Kier molecular flexibility index (Phi) is 4.53. The number of hydrogen-bond acceptors (Lipinski definition) is 3. The predicted molar refractivity (Wildman–Crippen MR) is 74.7 cm³/mol. The maximum absolute atomic E-state index is 12.6. The Bertz CT molecular complexity index is 523. The molecule has 0 bridgehead atoms. The molecular weight excluding hydrogens is 286 g/mol. The van der Waals surface area contributed by atoms with E-state index in [9.17, 15) is 8.42 Å². The van der Waals surface area contributed by atoms with E-state index < -0.39 is 10.0 Å². The van der Waals surface area contributed by atoms with Crippen molar-refractivity contribution in [2.24, 2.45) is 5.92 Å². The second-order valence-corrected chi connectivity index (χ2v) is 7.60. The number of hydrogen-bond donors (Lipinski definition) is 0. The third-order valence-electron chi connectivity index (χ3n) is 3.03. The summed E-state index contributed by atoms with van der Waals surface area (Å²) in [7, 11) is -3.42. The smallest absolute Gasteiger partial charge is 0.246 e. The lowest BCUT2D eigenvalue weighted by atomic mass is 10.2. The van der Waals surface area contributed by atoms with Gasteiger partial charge in [0.25, 0.3) is 0 Å². The zero-order valence-corrected chi connectivity index (χ0v) is 12.9. The Morgan fingerprint density at radius 3 is 2.74 bits per heavy atom. The number of alkyl halides is 1. The van der Waals surface area contributed by atoms with Gasteiger partial charge < -0.3 is 0 Å². The minimum absolute atomic E-state index is 0.170. The van der Waals surface area contributed by atoms with E-state index in [1.807, 2.05) is 13.8 Å². The van der Waals surface area contributed by atoms with Gasteiger partial charge in [-0.2, -0.15) is 9.40 Å². The number of nitrogens with zero attached hydrogens (tertiary/aromatic N) is 3. The van der Waals surface area contributed by atoms with Crippen LogP contribution in [-0.2, 0) is 16.6 Å². The molecule has 1 saturated carbocycles. The van der Waals surface area contributed by atoms with E-state index in [2.05, 4.69) is 5.10 Å². The average molecular weight is 306 g/mol.